The van der Waals surface area contributed by atoms with Gasteiger partial charge in [0, 0.05) is 37.0 Å². The molecule has 1 aromatic carbocycles. The molecule has 0 saturated carbocycles. The summed E-state index contributed by atoms with van der Waals surface area (Å²) >= 11 is 0. The molecule has 0 aliphatic heterocycles. The van der Waals surface area contributed by atoms with Crippen LogP contribution in [-0.4, -0.2) is 33.0 Å². The smallest absolute Gasteiger partial charge is 0.124 e. The zero-order valence-electron chi connectivity index (χ0n) is 12.7. The SMILES string of the molecule is COc1cc(NC(C)CC(C)(C)OC)cc(OC)c1. The lowest BCUT2D eigenvalue weighted by Crippen LogP contribution is -2.31. The molecule has 0 aliphatic rings. The largest absolute Gasteiger partial charge is 0.497 e. The van der Waals surface area contributed by atoms with E-state index in [1.807, 2.05) is 18.2 Å². The number of benzene rings is 1. The fraction of sp³-hybridized carbons (Fsp3) is 0.600. The van der Waals surface area contributed by atoms with Crippen LogP contribution in [0, 0.1) is 0 Å². The van der Waals surface area contributed by atoms with Crippen molar-refractivity contribution in [3.63, 3.8) is 0 Å². The number of anilines is 1. The van der Waals surface area contributed by atoms with E-state index < -0.39 is 0 Å². The molecule has 108 valence electrons. The highest BCUT2D eigenvalue weighted by Crippen LogP contribution is 2.27. The van der Waals surface area contributed by atoms with Crippen molar-refractivity contribution >= 4 is 5.69 Å². The Hall–Kier alpha value is -1.42. The summed E-state index contributed by atoms with van der Waals surface area (Å²) in [6, 6.07) is 6.05. The van der Waals surface area contributed by atoms with Crippen molar-refractivity contribution in [2.24, 2.45) is 0 Å². The van der Waals surface area contributed by atoms with Crippen LogP contribution < -0.4 is 14.8 Å². The second kappa shape index (κ2) is 6.66. The van der Waals surface area contributed by atoms with Gasteiger partial charge in [0.1, 0.15) is 11.5 Å². The van der Waals surface area contributed by atoms with Crippen LogP contribution in [0.15, 0.2) is 18.2 Å². The minimum absolute atomic E-state index is 0.143. The molecule has 0 aliphatic carbocycles. The normalized spacial score (nSPS) is 12.9. The van der Waals surface area contributed by atoms with Gasteiger partial charge in [0.2, 0.25) is 0 Å². The first-order chi connectivity index (χ1) is 8.90. The van der Waals surface area contributed by atoms with Crippen molar-refractivity contribution in [3.05, 3.63) is 18.2 Å². The number of rotatable bonds is 7. The molecule has 0 heterocycles. The number of hydrogen-bond acceptors (Lipinski definition) is 4. The Kier molecular flexibility index (Phi) is 5.48. The van der Waals surface area contributed by atoms with Gasteiger partial charge >= 0.3 is 0 Å². The maximum atomic E-state index is 5.45. The molecule has 19 heavy (non-hydrogen) atoms. The van der Waals surface area contributed by atoms with E-state index in [0.717, 1.165) is 23.6 Å². The van der Waals surface area contributed by atoms with Crippen LogP contribution in [0.5, 0.6) is 11.5 Å². The Bertz CT molecular complexity index is 382. The summed E-state index contributed by atoms with van der Waals surface area (Å²) in [5, 5.41) is 3.44. The molecule has 0 amide bonds. The maximum Gasteiger partial charge on any atom is 0.124 e. The van der Waals surface area contributed by atoms with Crippen LogP contribution in [0.25, 0.3) is 0 Å². The van der Waals surface area contributed by atoms with E-state index in [0.29, 0.717) is 0 Å². The Morgan fingerprint density at radius 1 is 1.05 bits per heavy atom. The second-order valence-electron chi connectivity index (χ2n) is 5.31. The molecule has 1 unspecified atom stereocenters. The van der Waals surface area contributed by atoms with E-state index in [-0.39, 0.29) is 11.6 Å². The molecule has 1 N–H and O–H groups in total. The lowest BCUT2D eigenvalue weighted by atomic mass is 9.99. The summed E-state index contributed by atoms with van der Waals surface area (Å²) in [6.07, 6.45) is 0.906. The second-order valence-corrected chi connectivity index (χ2v) is 5.31. The van der Waals surface area contributed by atoms with Crippen LogP contribution in [-0.2, 0) is 4.74 Å². The van der Waals surface area contributed by atoms with Crippen molar-refractivity contribution in [1.82, 2.24) is 0 Å². The molecule has 0 fully saturated rings. The van der Waals surface area contributed by atoms with Crippen LogP contribution >= 0.6 is 0 Å². The summed E-state index contributed by atoms with van der Waals surface area (Å²) in [7, 11) is 5.04. The number of nitrogens with one attached hydrogen (secondary N) is 1. The first kappa shape index (κ1) is 15.6. The minimum atomic E-state index is -0.143. The molecule has 1 aromatic rings. The van der Waals surface area contributed by atoms with Gasteiger partial charge in [-0.3, -0.25) is 0 Å². The van der Waals surface area contributed by atoms with E-state index >= 15 is 0 Å². The van der Waals surface area contributed by atoms with Crippen molar-refractivity contribution in [3.8, 4) is 11.5 Å². The highest BCUT2D eigenvalue weighted by atomic mass is 16.5. The molecule has 4 nitrogen and oxygen atoms in total. The molecular formula is C15H25NO3. The molecule has 0 radical (unpaired) electrons. The minimum Gasteiger partial charge on any atom is -0.497 e. The Labute approximate surface area is 116 Å². The molecule has 0 bridgehead atoms. The first-order valence-corrected chi connectivity index (χ1v) is 6.45. The lowest BCUT2D eigenvalue weighted by molar-refractivity contribution is 0.0128. The molecule has 1 atom stereocenters. The quantitative estimate of drug-likeness (QED) is 0.822. The Morgan fingerprint density at radius 2 is 1.58 bits per heavy atom. The monoisotopic (exact) mass is 267 g/mol. The third-order valence-electron chi connectivity index (χ3n) is 3.11. The van der Waals surface area contributed by atoms with Crippen LogP contribution in [0.2, 0.25) is 0 Å². The van der Waals surface area contributed by atoms with Gasteiger partial charge < -0.3 is 19.5 Å². The van der Waals surface area contributed by atoms with Crippen molar-refractivity contribution in [2.45, 2.75) is 38.8 Å². The highest BCUT2D eigenvalue weighted by molar-refractivity contribution is 5.54. The third kappa shape index (κ3) is 4.99. The molecule has 0 saturated heterocycles. The van der Waals surface area contributed by atoms with Crippen molar-refractivity contribution in [1.29, 1.82) is 0 Å². The summed E-state index contributed by atoms with van der Waals surface area (Å²) in [5.41, 5.74) is 0.839. The number of ether oxygens (including phenoxy) is 3. The summed E-state index contributed by atoms with van der Waals surface area (Å²) in [6.45, 7) is 6.29. The average Bonchev–Trinajstić information content (AvgIpc) is 2.37. The fourth-order valence-corrected chi connectivity index (χ4v) is 2.05. The van der Waals surface area contributed by atoms with Gasteiger partial charge in [0.15, 0.2) is 0 Å². The lowest BCUT2D eigenvalue weighted by Gasteiger charge is -2.27. The van der Waals surface area contributed by atoms with Gasteiger partial charge in [-0.2, -0.15) is 0 Å². The Morgan fingerprint density at radius 3 is 2.00 bits per heavy atom. The maximum absolute atomic E-state index is 5.45. The van der Waals surface area contributed by atoms with Gasteiger partial charge in [-0.25, -0.2) is 0 Å². The van der Waals surface area contributed by atoms with Crippen molar-refractivity contribution in [2.75, 3.05) is 26.6 Å². The van der Waals surface area contributed by atoms with E-state index in [1.165, 1.54) is 0 Å². The standard InChI is InChI=1S/C15H25NO3/c1-11(10-15(2,3)19-6)16-12-7-13(17-4)9-14(8-12)18-5/h7-9,11,16H,10H2,1-6H3. The van der Waals surface area contributed by atoms with E-state index in [1.54, 1.807) is 21.3 Å². The molecule has 4 heteroatoms. The van der Waals surface area contributed by atoms with E-state index in [9.17, 15) is 0 Å². The van der Waals surface area contributed by atoms with Gasteiger partial charge in [-0.15, -0.1) is 0 Å². The predicted molar refractivity (Wildman–Crippen MR) is 78.3 cm³/mol. The summed E-state index contributed by atoms with van der Waals surface area (Å²) < 4.78 is 16.0. The summed E-state index contributed by atoms with van der Waals surface area (Å²) in [5.74, 6) is 1.56. The molecular weight excluding hydrogens is 242 g/mol. The van der Waals surface area contributed by atoms with Crippen LogP contribution in [0.3, 0.4) is 0 Å². The van der Waals surface area contributed by atoms with E-state index in [4.69, 9.17) is 14.2 Å². The number of methoxy groups -OCH3 is 3. The first-order valence-electron chi connectivity index (χ1n) is 6.45. The van der Waals surface area contributed by atoms with Crippen LogP contribution in [0.4, 0.5) is 5.69 Å². The highest BCUT2D eigenvalue weighted by Gasteiger charge is 2.20. The fourth-order valence-electron chi connectivity index (χ4n) is 2.05. The third-order valence-corrected chi connectivity index (χ3v) is 3.11. The zero-order chi connectivity index (χ0) is 14.5. The van der Waals surface area contributed by atoms with E-state index in [2.05, 4.69) is 26.1 Å². The summed E-state index contributed by atoms with van der Waals surface area (Å²) in [4.78, 5) is 0. The Balaban J connectivity index is 2.75. The molecule has 1 rings (SSSR count). The predicted octanol–water partition coefficient (Wildman–Crippen LogP) is 3.32. The van der Waals surface area contributed by atoms with Gasteiger partial charge in [-0.1, -0.05) is 0 Å². The molecule has 0 spiro atoms. The zero-order valence-corrected chi connectivity index (χ0v) is 12.7. The molecule has 0 aromatic heterocycles. The number of hydrogen-bond donors (Lipinski definition) is 1. The van der Waals surface area contributed by atoms with Crippen LogP contribution in [0.1, 0.15) is 27.2 Å². The van der Waals surface area contributed by atoms with Gasteiger partial charge in [-0.05, 0) is 27.2 Å². The van der Waals surface area contributed by atoms with Crippen molar-refractivity contribution < 1.29 is 14.2 Å². The topological polar surface area (TPSA) is 39.7 Å². The van der Waals surface area contributed by atoms with Gasteiger partial charge in [0.05, 0.1) is 19.8 Å². The average molecular weight is 267 g/mol. The van der Waals surface area contributed by atoms with Gasteiger partial charge in [0.25, 0.3) is 0 Å².